The number of carbonyl (C=O) groups excluding carboxylic acids is 1. The van der Waals surface area contributed by atoms with Crippen molar-refractivity contribution in [1.82, 2.24) is 0 Å². The molecule has 0 radical (unpaired) electrons. The molecule has 0 unspecified atom stereocenters. The van der Waals surface area contributed by atoms with E-state index in [0.29, 0.717) is 6.42 Å². The SMILES string of the molecule is CCCC(=O)Nc1cc([N+](=O)[O-])c(F)cc1N. The summed E-state index contributed by atoms with van der Waals surface area (Å²) >= 11 is 0. The largest absolute Gasteiger partial charge is 0.397 e. The molecule has 0 saturated carbocycles. The first-order valence-corrected chi connectivity index (χ1v) is 4.99. The summed E-state index contributed by atoms with van der Waals surface area (Å²) in [4.78, 5) is 20.9. The zero-order chi connectivity index (χ0) is 13.0. The van der Waals surface area contributed by atoms with Gasteiger partial charge in [-0.15, -0.1) is 0 Å². The summed E-state index contributed by atoms with van der Waals surface area (Å²) in [5.41, 5.74) is 4.75. The summed E-state index contributed by atoms with van der Waals surface area (Å²) in [5.74, 6) is -1.35. The summed E-state index contributed by atoms with van der Waals surface area (Å²) in [5, 5.41) is 12.9. The predicted octanol–water partition coefficient (Wildman–Crippen LogP) is 2.05. The fourth-order valence-corrected chi connectivity index (χ4v) is 1.27. The van der Waals surface area contributed by atoms with Crippen molar-refractivity contribution in [2.24, 2.45) is 0 Å². The highest BCUT2D eigenvalue weighted by Crippen LogP contribution is 2.27. The van der Waals surface area contributed by atoms with Crippen LogP contribution >= 0.6 is 0 Å². The number of hydrogen-bond donors (Lipinski definition) is 2. The van der Waals surface area contributed by atoms with E-state index in [4.69, 9.17) is 5.73 Å². The number of hydrogen-bond acceptors (Lipinski definition) is 4. The van der Waals surface area contributed by atoms with Gasteiger partial charge in [-0.1, -0.05) is 6.92 Å². The average molecular weight is 241 g/mol. The van der Waals surface area contributed by atoms with Gasteiger partial charge in [0.1, 0.15) is 0 Å². The number of rotatable bonds is 4. The lowest BCUT2D eigenvalue weighted by atomic mass is 10.2. The van der Waals surface area contributed by atoms with E-state index in [1.807, 2.05) is 6.92 Å². The fourth-order valence-electron chi connectivity index (χ4n) is 1.27. The maximum Gasteiger partial charge on any atom is 0.307 e. The molecule has 1 amide bonds. The topological polar surface area (TPSA) is 98.3 Å². The Labute approximate surface area is 96.8 Å². The van der Waals surface area contributed by atoms with Crippen LogP contribution in [0.3, 0.4) is 0 Å². The average Bonchev–Trinajstić information content (AvgIpc) is 2.21. The molecule has 17 heavy (non-hydrogen) atoms. The number of nitrogens with zero attached hydrogens (tertiary/aromatic N) is 1. The number of nitro benzene ring substituents is 1. The minimum Gasteiger partial charge on any atom is -0.397 e. The van der Waals surface area contributed by atoms with E-state index in [0.717, 1.165) is 12.1 Å². The van der Waals surface area contributed by atoms with E-state index in [1.165, 1.54) is 0 Å². The summed E-state index contributed by atoms with van der Waals surface area (Å²) in [6.45, 7) is 1.82. The van der Waals surface area contributed by atoms with Crippen molar-refractivity contribution >= 4 is 23.0 Å². The number of nitro groups is 1. The van der Waals surface area contributed by atoms with Gasteiger partial charge in [0.15, 0.2) is 0 Å². The smallest absolute Gasteiger partial charge is 0.307 e. The number of carbonyl (C=O) groups is 1. The molecule has 0 aliphatic carbocycles. The first-order chi connectivity index (χ1) is 7.95. The van der Waals surface area contributed by atoms with E-state index in [9.17, 15) is 19.3 Å². The molecule has 0 fully saturated rings. The molecule has 7 heteroatoms. The van der Waals surface area contributed by atoms with Gasteiger partial charge < -0.3 is 11.1 Å². The first-order valence-electron chi connectivity index (χ1n) is 4.99. The van der Waals surface area contributed by atoms with Gasteiger partial charge in [-0.2, -0.15) is 4.39 Å². The highest BCUT2D eigenvalue weighted by molar-refractivity contribution is 5.94. The van der Waals surface area contributed by atoms with Crippen LogP contribution in [0.2, 0.25) is 0 Å². The standard InChI is InChI=1S/C10H12FN3O3/c1-2-3-10(15)13-8-5-9(14(16)17)6(11)4-7(8)12/h4-5H,2-3,12H2,1H3,(H,13,15). The van der Waals surface area contributed by atoms with Crippen LogP contribution in [-0.4, -0.2) is 10.8 Å². The summed E-state index contributed by atoms with van der Waals surface area (Å²) in [7, 11) is 0. The molecule has 1 rings (SSSR count). The van der Waals surface area contributed by atoms with E-state index in [-0.39, 0.29) is 23.7 Å². The van der Waals surface area contributed by atoms with Crippen LogP contribution in [0.4, 0.5) is 21.5 Å². The number of benzene rings is 1. The van der Waals surface area contributed by atoms with Crippen LogP contribution in [0.15, 0.2) is 12.1 Å². The zero-order valence-corrected chi connectivity index (χ0v) is 9.20. The molecule has 0 spiro atoms. The van der Waals surface area contributed by atoms with Gasteiger partial charge in [0, 0.05) is 18.6 Å². The molecule has 92 valence electrons. The maximum absolute atomic E-state index is 13.1. The molecule has 0 aliphatic rings. The van der Waals surface area contributed by atoms with Crippen molar-refractivity contribution in [3.63, 3.8) is 0 Å². The Balaban J connectivity index is 3.03. The van der Waals surface area contributed by atoms with E-state index < -0.39 is 16.4 Å². The van der Waals surface area contributed by atoms with Crippen molar-refractivity contribution in [3.05, 3.63) is 28.1 Å². The van der Waals surface area contributed by atoms with Crippen LogP contribution in [0.5, 0.6) is 0 Å². The molecular weight excluding hydrogens is 229 g/mol. The third-order valence-corrected chi connectivity index (χ3v) is 2.07. The van der Waals surface area contributed by atoms with Crippen molar-refractivity contribution < 1.29 is 14.1 Å². The molecule has 1 aromatic rings. The van der Waals surface area contributed by atoms with Crippen molar-refractivity contribution in [2.45, 2.75) is 19.8 Å². The third kappa shape index (κ3) is 3.13. The summed E-state index contributed by atoms with van der Waals surface area (Å²) < 4.78 is 13.1. The number of nitrogens with one attached hydrogen (secondary N) is 1. The molecular formula is C10H12FN3O3. The van der Waals surface area contributed by atoms with Crippen LogP contribution in [0.1, 0.15) is 19.8 Å². The second-order valence-corrected chi connectivity index (χ2v) is 3.45. The van der Waals surface area contributed by atoms with E-state index >= 15 is 0 Å². The molecule has 0 bridgehead atoms. The lowest BCUT2D eigenvalue weighted by Gasteiger charge is -2.07. The maximum atomic E-state index is 13.1. The number of nitrogens with two attached hydrogens (primary N) is 1. The molecule has 0 aliphatic heterocycles. The molecule has 0 heterocycles. The monoisotopic (exact) mass is 241 g/mol. The molecule has 0 atom stereocenters. The lowest BCUT2D eigenvalue weighted by Crippen LogP contribution is -2.12. The summed E-state index contributed by atoms with van der Waals surface area (Å²) in [6.07, 6.45) is 0.902. The minimum atomic E-state index is -1.03. The minimum absolute atomic E-state index is 0.0439. The summed E-state index contributed by atoms with van der Waals surface area (Å²) in [6, 6.07) is 1.73. The van der Waals surface area contributed by atoms with E-state index in [1.54, 1.807) is 0 Å². The number of anilines is 2. The van der Waals surface area contributed by atoms with Gasteiger partial charge in [0.05, 0.1) is 16.3 Å². The van der Waals surface area contributed by atoms with Gasteiger partial charge in [-0.25, -0.2) is 0 Å². The van der Waals surface area contributed by atoms with E-state index in [2.05, 4.69) is 5.32 Å². The molecule has 0 saturated heterocycles. The lowest BCUT2D eigenvalue weighted by molar-refractivity contribution is -0.387. The van der Waals surface area contributed by atoms with Gasteiger partial charge in [-0.3, -0.25) is 14.9 Å². The second-order valence-electron chi connectivity index (χ2n) is 3.45. The molecule has 0 aromatic heterocycles. The normalized spacial score (nSPS) is 10.0. The Morgan fingerprint density at radius 3 is 2.76 bits per heavy atom. The van der Waals surface area contributed by atoms with Crippen molar-refractivity contribution in [2.75, 3.05) is 11.1 Å². The highest BCUT2D eigenvalue weighted by atomic mass is 19.1. The number of halogens is 1. The Morgan fingerprint density at radius 2 is 2.24 bits per heavy atom. The van der Waals surface area contributed by atoms with Crippen LogP contribution in [-0.2, 0) is 4.79 Å². The van der Waals surface area contributed by atoms with Crippen LogP contribution in [0, 0.1) is 15.9 Å². The van der Waals surface area contributed by atoms with Crippen LogP contribution in [0.25, 0.3) is 0 Å². The highest BCUT2D eigenvalue weighted by Gasteiger charge is 2.18. The van der Waals surface area contributed by atoms with Crippen molar-refractivity contribution in [1.29, 1.82) is 0 Å². The van der Waals surface area contributed by atoms with Crippen LogP contribution < -0.4 is 11.1 Å². The molecule has 3 N–H and O–H groups in total. The Bertz CT molecular complexity index is 462. The Hall–Kier alpha value is -2.18. The van der Waals surface area contributed by atoms with Gasteiger partial charge in [0.25, 0.3) is 0 Å². The molecule has 1 aromatic carbocycles. The molecule has 6 nitrogen and oxygen atoms in total. The van der Waals surface area contributed by atoms with Gasteiger partial charge in [0.2, 0.25) is 11.7 Å². The first kappa shape index (κ1) is 12.9. The van der Waals surface area contributed by atoms with Crippen molar-refractivity contribution in [3.8, 4) is 0 Å². The quantitative estimate of drug-likeness (QED) is 0.478. The van der Waals surface area contributed by atoms with Gasteiger partial charge in [-0.05, 0) is 6.42 Å². The number of amides is 1. The predicted molar refractivity (Wildman–Crippen MR) is 61.0 cm³/mol. The number of nitrogen functional groups attached to an aromatic ring is 1. The van der Waals surface area contributed by atoms with Gasteiger partial charge >= 0.3 is 5.69 Å². The Morgan fingerprint density at radius 1 is 1.59 bits per heavy atom. The fraction of sp³-hybridized carbons (Fsp3) is 0.300. The Kier molecular flexibility index (Phi) is 3.97. The zero-order valence-electron chi connectivity index (χ0n) is 9.20. The third-order valence-electron chi connectivity index (χ3n) is 2.07. The second kappa shape index (κ2) is 5.24.